The van der Waals surface area contributed by atoms with Gasteiger partial charge in [-0.1, -0.05) is 0 Å². The van der Waals surface area contributed by atoms with Crippen molar-refractivity contribution in [3.63, 3.8) is 0 Å². The topological polar surface area (TPSA) is 71.5 Å². The maximum atomic E-state index is 12.9. The van der Waals surface area contributed by atoms with Crippen LogP contribution < -0.4 is 10.1 Å². The largest absolute Gasteiger partial charge is 0.493 e. The monoisotopic (exact) mass is 381 g/mol. The zero-order valence-corrected chi connectivity index (χ0v) is 15.2. The molecule has 0 saturated carbocycles. The van der Waals surface area contributed by atoms with Crippen LogP contribution in [0.1, 0.15) is 17.5 Å². The summed E-state index contributed by atoms with van der Waals surface area (Å²) in [6.45, 7) is 1.78. The van der Waals surface area contributed by atoms with Gasteiger partial charge in [-0.2, -0.15) is 0 Å². The number of rotatable bonds is 5. The quantitative estimate of drug-likeness (QED) is 0.809. The number of pyridine rings is 1. The van der Waals surface area contributed by atoms with Crippen molar-refractivity contribution in [2.24, 2.45) is 5.92 Å². The Bertz CT molecular complexity index is 921. The van der Waals surface area contributed by atoms with E-state index in [4.69, 9.17) is 4.74 Å². The van der Waals surface area contributed by atoms with Gasteiger partial charge < -0.3 is 15.0 Å². The Morgan fingerprint density at radius 1 is 1.29 bits per heavy atom. The smallest absolute Gasteiger partial charge is 0.246 e. The first kappa shape index (κ1) is 18.2. The number of nitrogens with zero attached hydrogens (tertiary/aromatic N) is 2. The highest BCUT2D eigenvalue weighted by molar-refractivity contribution is 5.94. The minimum Gasteiger partial charge on any atom is -0.493 e. The van der Waals surface area contributed by atoms with Gasteiger partial charge in [-0.15, -0.1) is 0 Å². The zero-order valence-electron chi connectivity index (χ0n) is 15.2. The number of aryl methyl sites for hydroxylation is 1. The highest BCUT2D eigenvalue weighted by Crippen LogP contribution is 2.22. The molecular weight excluding hydrogens is 361 g/mol. The first-order valence-corrected chi connectivity index (χ1v) is 9.21. The van der Waals surface area contributed by atoms with E-state index < -0.39 is 0 Å². The summed E-state index contributed by atoms with van der Waals surface area (Å²) in [5.74, 6) is 1.14. The number of aromatic nitrogens is 1. The number of benzene rings is 1. The van der Waals surface area contributed by atoms with Crippen molar-refractivity contribution in [3.8, 4) is 5.75 Å². The van der Waals surface area contributed by atoms with Gasteiger partial charge >= 0.3 is 0 Å². The van der Waals surface area contributed by atoms with Crippen LogP contribution in [-0.4, -0.2) is 41.4 Å². The van der Waals surface area contributed by atoms with Gasteiger partial charge in [-0.3, -0.25) is 9.59 Å². The number of likely N-dealkylation sites (tertiary alicyclic amines) is 1. The van der Waals surface area contributed by atoms with Gasteiger partial charge in [0, 0.05) is 37.7 Å². The summed E-state index contributed by atoms with van der Waals surface area (Å²) in [5.41, 5.74) is 1.82. The fourth-order valence-electron chi connectivity index (χ4n) is 3.24. The highest BCUT2D eigenvalue weighted by atomic mass is 19.1. The number of fused-ring (bicyclic) bond motifs is 1. The first-order valence-electron chi connectivity index (χ1n) is 9.21. The molecule has 0 aliphatic carbocycles. The van der Waals surface area contributed by atoms with Crippen LogP contribution >= 0.6 is 0 Å². The SMILES string of the molecule is O=C1CCc2cc(/C=C/C(=O)N3CC(COc4ccc(F)cc4)C3)cnc2N1. The zero-order chi connectivity index (χ0) is 19.5. The molecule has 0 bridgehead atoms. The summed E-state index contributed by atoms with van der Waals surface area (Å²) in [5, 5.41) is 2.74. The van der Waals surface area contributed by atoms with Gasteiger partial charge in [-0.05, 0) is 54.0 Å². The number of nitrogens with one attached hydrogen (secondary N) is 1. The van der Waals surface area contributed by atoms with E-state index in [9.17, 15) is 14.0 Å². The molecule has 1 aromatic heterocycles. The Balaban J connectivity index is 1.25. The fourth-order valence-corrected chi connectivity index (χ4v) is 3.24. The lowest BCUT2D eigenvalue weighted by Crippen LogP contribution is -2.51. The molecule has 2 amide bonds. The van der Waals surface area contributed by atoms with Crippen molar-refractivity contribution in [1.29, 1.82) is 0 Å². The molecule has 0 atom stereocenters. The Hall–Kier alpha value is -3.22. The van der Waals surface area contributed by atoms with Gasteiger partial charge in [0.05, 0.1) is 6.61 Å². The molecule has 7 heteroatoms. The third kappa shape index (κ3) is 4.19. The first-order chi connectivity index (χ1) is 13.6. The highest BCUT2D eigenvalue weighted by Gasteiger charge is 2.29. The van der Waals surface area contributed by atoms with Crippen LogP contribution in [0, 0.1) is 11.7 Å². The molecule has 0 unspecified atom stereocenters. The van der Waals surface area contributed by atoms with E-state index in [1.165, 1.54) is 12.1 Å². The molecule has 144 valence electrons. The number of amides is 2. The van der Waals surface area contributed by atoms with Crippen LogP contribution in [0.25, 0.3) is 6.08 Å². The van der Waals surface area contributed by atoms with Crippen LogP contribution in [0.5, 0.6) is 5.75 Å². The lowest BCUT2D eigenvalue weighted by atomic mass is 10.0. The number of ether oxygens (including phenoxy) is 1. The molecule has 1 aromatic carbocycles. The summed E-state index contributed by atoms with van der Waals surface area (Å²) in [7, 11) is 0. The maximum absolute atomic E-state index is 12.9. The second kappa shape index (κ2) is 7.80. The van der Waals surface area contributed by atoms with E-state index in [0.29, 0.717) is 44.1 Å². The molecule has 6 nitrogen and oxygen atoms in total. The van der Waals surface area contributed by atoms with Crippen molar-refractivity contribution in [1.82, 2.24) is 9.88 Å². The molecule has 0 spiro atoms. The summed E-state index contributed by atoms with van der Waals surface area (Å²) in [6, 6.07) is 7.86. The molecular formula is C21H20FN3O3. The van der Waals surface area contributed by atoms with Gasteiger partial charge in [0.1, 0.15) is 17.4 Å². The van der Waals surface area contributed by atoms with E-state index in [-0.39, 0.29) is 23.5 Å². The molecule has 1 N–H and O–H groups in total. The van der Waals surface area contributed by atoms with Gasteiger partial charge in [0.25, 0.3) is 0 Å². The van der Waals surface area contributed by atoms with Gasteiger partial charge in [0.2, 0.25) is 11.8 Å². The van der Waals surface area contributed by atoms with Crippen LogP contribution in [0.3, 0.4) is 0 Å². The van der Waals surface area contributed by atoms with Gasteiger partial charge in [-0.25, -0.2) is 9.37 Å². The summed E-state index contributed by atoms with van der Waals surface area (Å²) < 4.78 is 18.5. The molecule has 1 saturated heterocycles. The van der Waals surface area contributed by atoms with Crippen molar-refractivity contribution in [2.75, 3.05) is 25.0 Å². The second-order valence-electron chi connectivity index (χ2n) is 7.03. The van der Waals surface area contributed by atoms with E-state index in [2.05, 4.69) is 10.3 Å². The maximum Gasteiger partial charge on any atom is 0.246 e. The Labute approximate surface area is 162 Å². The van der Waals surface area contributed by atoms with Crippen molar-refractivity contribution in [2.45, 2.75) is 12.8 Å². The van der Waals surface area contributed by atoms with E-state index in [1.54, 1.807) is 35.4 Å². The van der Waals surface area contributed by atoms with Crippen LogP contribution in [0.15, 0.2) is 42.6 Å². The number of hydrogen-bond acceptors (Lipinski definition) is 4. The molecule has 2 aliphatic rings. The third-order valence-corrected chi connectivity index (χ3v) is 4.85. The Morgan fingerprint density at radius 3 is 2.86 bits per heavy atom. The summed E-state index contributed by atoms with van der Waals surface area (Å²) >= 11 is 0. The molecule has 4 rings (SSSR count). The minimum absolute atomic E-state index is 0.0192. The lowest BCUT2D eigenvalue weighted by molar-refractivity contribution is -0.132. The predicted molar refractivity (Wildman–Crippen MR) is 102 cm³/mol. The fraction of sp³-hybridized carbons (Fsp3) is 0.286. The van der Waals surface area contributed by atoms with Crippen molar-refractivity contribution >= 4 is 23.7 Å². The normalized spacial score (nSPS) is 16.5. The number of carbonyl (C=O) groups excluding carboxylic acids is 2. The molecule has 2 aromatic rings. The van der Waals surface area contributed by atoms with Crippen LogP contribution in [0.2, 0.25) is 0 Å². The lowest BCUT2D eigenvalue weighted by Gasteiger charge is -2.38. The Morgan fingerprint density at radius 2 is 2.07 bits per heavy atom. The minimum atomic E-state index is -0.293. The van der Waals surface area contributed by atoms with Crippen molar-refractivity contribution < 1.29 is 18.7 Å². The molecule has 3 heterocycles. The van der Waals surface area contributed by atoms with Crippen molar-refractivity contribution in [3.05, 3.63) is 59.5 Å². The average molecular weight is 381 g/mol. The van der Waals surface area contributed by atoms with Gasteiger partial charge in [0.15, 0.2) is 0 Å². The molecule has 2 aliphatic heterocycles. The van der Waals surface area contributed by atoms with E-state index in [0.717, 1.165) is 11.1 Å². The summed E-state index contributed by atoms with van der Waals surface area (Å²) in [6.07, 6.45) is 6.04. The average Bonchev–Trinajstić information content (AvgIpc) is 2.66. The molecule has 0 radical (unpaired) electrons. The Kier molecular flexibility index (Phi) is 5.06. The third-order valence-electron chi connectivity index (χ3n) is 4.85. The van der Waals surface area contributed by atoms with Crippen LogP contribution in [-0.2, 0) is 16.0 Å². The number of hydrogen-bond donors (Lipinski definition) is 1. The van der Waals surface area contributed by atoms with E-state index in [1.807, 2.05) is 6.07 Å². The standard InChI is InChI=1S/C21H20FN3O3/c22-17-3-5-18(6-4-17)28-13-15-11-25(12-15)20(27)8-1-14-9-16-2-7-19(26)24-21(16)23-10-14/h1,3-6,8-10,15H,2,7,11-13H2,(H,23,24,26)/b8-1+. The predicted octanol–water partition coefficient (Wildman–Crippen LogP) is 2.66. The number of halogens is 1. The second-order valence-corrected chi connectivity index (χ2v) is 7.03. The number of anilines is 1. The number of carbonyl (C=O) groups is 2. The molecule has 28 heavy (non-hydrogen) atoms. The molecule has 1 fully saturated rings. The van der Waals surface area contributed by atoms with E-state index >= 15 is 0 Å². The van der Waals surface area contributed by atoms with Crippen LogP contribution in [0.4, 0.5) is 10.2 Å². The summed E-state index contributed by atoms with van der Waals surface area (Å²) in [4.78, 5) is 29.6.